The molecule has 0 radical (unpaired) electrons. The highest BCUT2D eigenvalue weighted by Gasteiger charge is 2.18. The minimum absolute atomic E-state index is 1.08. The molecule has 2 heteroatoms. The van der Waals surface area contributed by atoms with Crippen LogP contribution in [0.4, 0.5) is 0 Å². The standard InChI is InChI=1S/C31H24N2/c1-33-29-16-7-5-11-23(29)26-19-20(17-18-30(26)33)21-9-2-3-10-22(21)24-13-8-15-28-31(24)25-12-4-6-14-27(25)32-28/h2-5,7-13,15-19,32H,6,14H2,1H3. The number of nitrogens with one attached hydrogen (secondary N) is 1. The van der Waals surface area contributed by atoms with Crippen LogP contribution in [0.15, 0.2) is 91.0 Å². The molecule has 0 bridgehead atoms. The van der Waals surface area contributed by atoms with Crippen molar-refractivity contribution in [2.75, 3.05) is 0 Å². The van der Waals surface area contributed by atoms with Crippen LogP contribution in [0.5, 0.6) is 0 Å². The summed E-state index contributed by atoms with van der Waals surface area (Å²) in [7, 11) is 2.15. The highest BCUT2D eigenvalue weighted by Crippen LogP contribution is 2.41. The van der Waals surface area contributed by atoms with Crippen LogP contribution in [0.1, 0.15) is 17.7 Å². The van der Waals surface area contributed by atoms with E-state index in [0.29, 0.717) is 0 Å². The number of rotatable bonds is 2. The van der Waals surface area contributed by atoms with Crippen molar-refractivity contribution in [1.82, 2.24) is 9.55 Å². The summed E-state index contributed by atoms with van der Waals surface area (Å²) in [6, 6.07) is 31.1. The molecule has 33 heavy (non-hydrogen) atoms. The molecule has 2 nitrogen and oxygen atoms in total. The Balaban J connectivity index is 1.49. The first kappa shape index (κ1) is 18.5. The Morgan fingerprint density at radius 3 is 2.45 bits per heavy atom. The van der Waals surface area contributed by atoms with Crippen molar-refractivity contribution in [3.8, 4) is 22.3 Å². The number of fused-ring (bicyclic) bond motifs is 6. The summed E-state index contributed by atoms with van der Waals surface area (Å²) in [5, 5.41) is 3.95. The lowest BCUT2D eigenvalue weighted by molar-refractivity contribution is 0.951. The molecule has 158 valence electrons. The Bertz CT molecular complexity index is 1730. The first-order chi connectivity index (χ1) is 16.3. The van der Waals surface area contributed by atoms with Crippen molar-refractivity contribution in [3.63, 3.8) is 0 Å². The smallest absolute Gasteiger partial charge is 0.0489 e. The Kier molecular flexibility index (Phi) is 3.92. The first-order valence-corrected chi connectivity index (χ1v) is 11.7. The van der Waals surface area contributed by atoms with Gasteiger partial charge >= 0.3 is 0 Å². The SMILES string of the molecule is Cn1c2ccccc2c2cc(-c3ccccc3-c3cccc4[nH]c5c(c34)C=CCC5)ccc21. The van der Waals surface area contributed by atoms with E-state index in [1.807, 2.05) is 0 Å². The molecule has 0 atom stereocenters. The monoisotopic (exact) mass is 424 g/mol. The summed E-state index contributed by atoms with van der Waals surface area (Å²) in [6.07, 6.45) is 6.79. The van der Waals surface area contributed by atoms with E-state index in [1.165, 1.54) is 66.2 Å². The molecule has 7 rings (SSSR count). The molecule has 1 aliphatic rings. The van der Waals surface area contributed by atoms with Gasteiger partial charge in [-0.1, -0.05) is 72.8 Å². The van der Waals surface area contributed by atoms with Crippen LogP contribution >= 0.6 is 0 Å². The minimum Gasteiger partial charge on any atom is -0.358 e. The third-order valence-corrected chi connectivity index (χ3v) is 7.23. The van der Waals surface area contributed by atoms with Crippen molar-refractivity contribution in [1.29, 1.82) is 0 Å². The van der Waals surface area contributed by atoms with Gasteiger partial charge in [-0.25, -0.2) is 0 Å². The summed E-state index contributed by atoms with van der Waals surface area (Å²) in [4.78, 5) is 3.68. The van der Waals surface area contributed by atoms with Crippen LogP contribution < -0.4 is 0 Å². The molecule has 0 amide bonds. The van der Waals surface area contributed by atoms with Crippen molar-refractivity contribution in [2.45, 2.75) is 12.8 Å². The van der Waals surface area contributed by atoms with Gasteiger partial charge in [0.1, 0.15) is 0 Å². The number of hydrogen-bond donors (Lipinski definition) is 1. The summed E-state index contributed by atoms with van der Waals surface area (Å²) < 4.78 is 2.29. The number of aromatic amines is 1. The fraction of sp³-hybridized carbons (Fsp3) is 0.0968. The van der Waals surface area contributed by atoms with E-state index in [0.717, 1.165) is 12.8 Å². The molecule has 2 heterocycles. The van der Waals surface area contributed by atoms with E-state index in [-0.39, 0.29) is 0 Å². The summed E-state index contributed by atoms with van der Waals surface area (Å²) >= 11 is 0. The zero-order valence-electron chi connectivity index (χ0n) is 18.6. The van der Waals surface area contributed by atoms with Crippen LogP contribution in [-0.2, 0) is 13.5 Å². The van der Waals surface area contributed by atoms with Gasteiger partial charge in [-0.15, -0.1) is 0 Å². The van der Waals surface area contributed by atoms with Gasteiger partial charge < -0.3 is 9.55 Å². The Morgan fingerprint density at radius 2 is 1.52 bits per heavy atom. The maximum absolute atomic E-state index is 3.68. The quantitative estimate of drug-likeness (QED) is 0.290. The molecule has 0 aliphatic heterocycles. The van der Waals surface area contributed by atoms with Gasteiger partial charge in [0.15, 0.2) is 0 Å². The van der Waals surface area contributed by atoms with E-state index in [9.17, 15) is 0 Å². The molecule has 0 saturated carbocycles. The summed E-state index contributed by atoms with van der Waals surface area (Å²) in [5.74, 6) is 0. The first-order valence-electron chi connectivity index (χ1n) is 11.7. The molecule has 1 aliphatic carbocycles. The molecular formula is C31H24N2. The maximum atomic E-state index is 3.68. The predicted octanol–water partition coefficient (Wildman–Crippen LogP) is 8.11. The van der Waals surface area contributed by atoms with Crippen molar-refractivity contribution >= 4 is 38.8 Å². The van der Waals surface area contributed by atoms with E-state index >= 15 is 0 Å². The third kappa shape index (κ3) is 2.67. The van der Waals surface area contributed by atoms with Crippen LogP contribution in [0.3, 0.4) is 0 Å². The van der Waals surface area contributed by atoms with E-state index in [2.05, 4.69) is 114 Å². The third-order valence-electron chi connectivity index (χ3n) is 7.23. The molecule has 6 aromatic rings. The number of aryl methyl sites for hydroxylation is 2. The molecular weight excluding hydrogens is 400 g/mol. The molecule has 0 fully saturated rings. The zero-order valence-corrected chi connectivity index (χ0v) is 18.6. The van der Waals surface area contributed by atoms with Gasteiger partial charge in [0.25, 0.3) is 0 Å². The molecule has 2 aromatic heterocycles. The summed E-state index contributed by atoms with van der Waals surface area (Å²) in [6.45, 7) is 0. The van der Waals surface area contributed by atoms with Crippen molar-refractivity contribution in [2.24, 2.45) is 7.05 Å². The average Bonchev–Trinajstić information content (AvgIpc) is 3.39. The van der Waals surface area contributed by atoms with E-state index < -0.39 is 0 Å². The van der Waals surface area contributed by atoms with Crippen molar-refractivity contribution in [3.05, 3.63) is 102 Å². The lowest BCUT2D eigenvalue weighted by atomic mass is 9.90. The fourth-order valence-corrected chi connectivity index (χ4v) is 5.67. The highest BCUT2D eigenvalue weighted by molar-refractivity contribution is 6.10. The summed E-state index contributed by atoms with van der Waals surface area (Å²) in [5.41, 5.74) is 11.6. The second kappa shape index (κ2) is 6.98. The molecule has 0 unspecified atom stereocenters. The fourth-order valence-electron chi connectivity index (χ4n) is 5.67. The van der Waals surface area contributed by atoms with Gasteiger partial charge in [-0.05, 0) is 59.4 Å². The van der Waals surface area contributed by atoms with Gasteiger partial charge in [0.2, 0.25) is 0 Å². The van der Waals surface area contributed by atoms with Gasteiger partial charge in [-0.3, -0.25) is 0 Å². The molecule has 0 saturated heterocycles. The number of benzene rings is 4. The normalized spacial score (nSPS) is 13.2. The second-order valence-corrected chi connectivity index (χ2v) is 9.04. The predicted molar refractivity (Wildman–Crippen MR) is 141 cm³/mol. The molecule has 4 aromatic carbocycles. The van der Waals surface area contributed by atoms with Gasteiger partial charge in [-0.2, -0.15) is 0 Å². The van der Waals surface area contributed by atoms with Gasteiger partial charge in [0, 0.05) is 51.0 Å². The highest BCUT2D eigenvalue weighted by atomic mass is 14.9. The van der Waals surface area contributed by atoms with Crippen LogP contribution in [0.2, 0.25) is 0 Å². The maximum Gasteiger partial charge on any atom is 0.0489 e. The lowest BCUT2D eigenvalue weighted by Crippen LogP contribution is -1.91. The number of H-pyrrole nitrogens is 1. The zero-order chi connectivity index (χ0) is 21.9. The number of hydrogen-bond acceptors (Lipinski definition) is 0. The van der Waals surface area contributed by atoms with E-state index in [1.54, 1.807) is 0 Å². The Labute approximate surface area is 192 Å². The Morgan fingerprint density at radius 1 is 0.727 bits per heavy atom. The molecule has 1 N–H and O–H groups in total. The number of allylic oxidation sites excluding steroid dienone is 1. The van der Waals surface area contributed by atoms with E-state index in [4.69, 9.17) is 0 Å². The number of nitrogens with zero attached hydrogens (tertiary/aromatic N) is 1. The van der Waals surface area contributed by atoms with Crippen molar-refractivity contribution < 1.29 is 0 Å². The number of para-hydroxylation sites is 1. The van der Waals surface area contributed by atoms with Crippen LogP contribution in [-0.4, -0.2) is 9.55 Å². The minimum atomic E-state index is 1.08. The van der Waals surface area contributed by atoms with Crippen LogP contribution in [0, 0.1) is 0 Å². The average molecular weight is 425 g/mol. The number of aromatic nitrogens is 2. The lowest BCUT2D eigenvalue weighted by Gasteiger charge is -2.13. The van der Waals surface area contributed by atoms with Crippen LogP contribution in [0.25, 0.3) is 61.0 Å². The topological polar surface area (TPSA) is 20.7 Å². The Hall–Kier alpha value is -4.04. The molecule has 0 spiro atoms. The van der Waals surface area contributed by atoms with Gasteiger partial charge in [0.05, 0.1) is 0 Å². The largest absolute Gasteiger partial charge is 0.358 e. The second-order valence-electron chi connectivity index (χ2n) is 9.04.